The molecule has 1 rings (SSSR count). The summed E-state index contributed by atoms with van der Waals surface area (Å²) in [6, 6.07) is 7.69. The van der Waals surface area contributed by atoms with Crippen molar-refractivity contribution in [3.8, 4) is 5.75 Å². The van der Waals surface area contributed by atoms with Gasteiger partial charge in [-0.2, -0.15) is 0 Å². The van der Waals surface area contributed by atoms with Gasteiger partial charge in [-0.3, -0.25) is 0 Å². The van der Waals surface area contributed by atoms with Gasteiger partial charge in [0.25, 0.3) is 0 Å². The average molecular weight is 206 g/mol. The van der Waals surface area contributed by atoms with Crippen molar-refractivity contribution in [2.45, 2.75) is 46.5 Å². The molecule has 1 nitrogen and oxygen atoms in total. The third kappa shape index (κ3) is 3.58. The standard InChI is InChI=1S/C14H22O/c1-5-11(10-14(2,3)4)12-8-6-7-9-13(12)15/h6-9,11,15H,5,10H2,1-4H3. The predicted octanol–water partition coefficient (Wildman–Crippen LogP) is 4.32. The fraction of sp³-hybridized carbons (Fsp3) is 0.571. The quantitative estimate of drug-likeness (QED) is 0.780. The molecule has 0 heterocycles. The lowest BCUT2D eigenvalue weighted by Crippen LogP contribution is -2.11. The number of phenols is 1. The summed E-state index contributed by atoms with van der Waals surface area (Å²) in [4.78, 5) is 0. The summed E-state index contributed by atoms with van der Waals surface area (Å²) in [6.07, 6.45) is 2.19. The summed E-state index contributed by atoms with van der Waals surface area (Å²) in [5.74, 6) is 0.903. The summed E-state index contributed by atoms with van der Waals surface area (Å²) in [6.45, 7) is 8.92. The van der Waals surface area contributed by atoms with E-state index in [9.17, 15) is 5.11 Å². The second kappa shape index (κ2) is 4.69. The Kier molecular flexibility index (Phi) is 3.78. The van der Waals surface area contributed by atoms with E-state index < -0.39 is 0 Å². The van der Waals surface area contributed by atoms with E-state index in [-0.39, 0.29) is 0 Å². The zero-order valence-corrected chi connectivity index (χ0v) is 10.2. The second-order valence-electron chi connectivity index (χ2n) is 5.43. The maximum absolute atomic E-state index is 9.81. The number of hydrogen-bond donors (Lipinski definition) is 1. The molecule has 1 N–H and O–H groups in total. The first kappa shape index (κ1) is 12.1. The van der Waals surface area contributed by atoms with Crippen LogP contribution in [0.25, 0.3) is 0 Å². The Morgan fingerprint density at radius 3 is 2.27 bits per heavy atom. The van der Waals surface area contributed by atoms with Gasteiger partial charge in [0.2, 0.25) is 0 Å². The van der Waals surface area contributed by atoms with Crippen LogP contribution in [0.2, 0.25) is 0 Å². The predicted molar refractivity (Wildman–Crippen MR) is 65.2 cm³/mol. The lowest BCUT2D eigenvalue weighted by atomic mass is 9.80. The Bertz CT molecular complexity index is 309. The molecule has 0 aliphatic rings. The van der Waals surface area contributed by atoms with E-state index in [2.05, 4.69) is 27.7 Å². The monoisotopic (exact) mass is 206 g/mol. The normalized spacial score (nSPS) is 13.9. The molecule has 1 aromatic carbocycles. The third-order valence-corrected chi connectivity index (χ3v) is 2.73. The number of phenolic OH excluding ortho intramolecular Hbond substituents is 1. The van der Waals surface area contributed by atoms with Crippen LogP contribution in [-0.2, 0) is 0 Å². The van der Waals surface area contributed by atoms with Crippen molar-refractivity contribution in [2.24, 2.45) is 5.41 Å². The first-order chi connectivity index (χ1) is 6.94. The molecule has 0 bridgehead atoms. The molecule has 1 atom stereocenters. The van der Waals surface area contributed by atoms with Crippen LogP contribution in [0.5, 0.6) is 5.75 Å². The van der Waals surface area contributed by atoms with Crippen molar-refractivity contribution >= 4 is 0 Å². The highest BCUT2D eigenvalue weighted by molar-refractivity contribution is 5.34. The maximum atomic E-state index is 9.81. The van der Waals surface area contributed by atoms with Gasteiger partial charge < -0.3 is 5.11 Å². The fourth-order valence-electron chi connectivity index (χ4n) is 2.05. The minimum Gasteiger partial charge on any atom is -0.508 e. The minimum absolute atomic E-state index is 0.308. The zero-order valence-electron chi connectivity index (χ0n) is 10.2. The number of hydrogen-bond acceptors (Lipinski definition) is 1. The van der Waals surface area contributed by atoms with E-state index in [1.165, 1.54) is 0 Å². The summed E-state index contributed by atoms with van der Waals surface area (Å²) < 4.78 is 0. The van der Waals surface area contributed by atoms with Crippen LogP contribution in [0.1, 0.15) is 52.0 Å². The van der Waals surface area contributed by atoms with Gasteiger partial charge in [0.05, 0.1) is 0 Å². The van der Waals surface area contributed by atoms with E-state index in [1.54, 1.807) is 6.07 Å². The van der Waals surface area contributed by atoms with Gasteiger partial charge in [-0.1, -0.05) is 45.9 Å². The van der Waals surface area contributed by atoms with Crippen LogP contribution in [-0.4, -0.2) is 5.11 Å². The van der Waals surface area contributed by atoms with Crippen LogP contribution in [0, 0.1) is 5.41 Å². The SMILES string of the molecule is CCC(CC(C)(C)C)c1ccccc1O. The molecule has 15 heavy (non-hydrogen) atoms. The highest BCUT2D eigenvalue weighted by Crippen LogP contribution is 2.36. The number of para-hydroxylation sites is 1. The number of benzene rings is 1. The fourth-order valence-corrected chi connectivity index (χ4v) is 2.05. The highest BCUT2D eigenvalue weighted by Gasteiger charge is 2.20. The molecule has 0 saturated carbocycles. The molecule has 1 heteroatoms. The third-order valence-electron chi connectivity index (χ3n) is 2.73. The van der Waals surface area contributed by atoms with Crippen molar-refractivity contribution < 1.29 is 5.11 Å². The maximum Gasteiger partial charge on any atom is 0.119 e. The van der Waals surface area contributed by atoms with Gasteiger partial charge in [0, 0.05) is 0 Å². The molecule has 0 amide bonds. The molecular weight excluding hydrogens is 184 g/mol. The van der Waals surface area contributed by atoms with Crippen LogP contribution < -0.4 is 0 Å². The Morgan fingerprint density at radius 2 is 1.80 bits per heavy atom. The van der Waals surface area contributed by atoms with Crippen molar-refractivity contribution in [1.29, 1.82) is 0 Å². The van der Waals surface area contributed by atoms with Gasteiger partial charge in [-0.05, 0) is 35.8 Å². The molecule has 84 valence electrons. The van der Waals surface area contributed by atoms with Gasteiger partial charge in [-0.15, -0.1) is 0 Å². The van der Waals surface area contributed by atoms with Crippen molar-refractivity contribution in [2.75, 3.05) is 0 Å². The molecule has 1 aromatic rings. The zero-order chi connectivity index (χ0) is 11.5. The molecule has 1 unspecified atom stereocenters. The first-order valence-corrected chi connectivity index (χ1v) is 5.72. The summed E-state index contributed by atoms with van der Waals surface area (Å²) in [5.41, 5.74) is 1.40. The van der Waals surface area contributed by atoms with Crippen molar-refractivity contribution in [1.82, 2.24) is 0 Å². The van der Waals surface area contributed by atoms with Crippen LogP contribution >= 0.6 is 0 Å². The van der Waals surface area contributed by atoms with E-state index in [0.717, 1.165) is 18.4 Å². The molecule has 0 spiro atoms. The molecule has 0 fully saturated rings. The molecular formula is C14H22O. The Morgan fingerprint density at radius 1 is 1.20 bits per heavy atom. The highest BCUT2D eigenvalue weighted by atomic mass is 16.3. The van der Waals surface area contributed by atoms with Crippen LogP contribution in [0.3, 0.4) is 0 Å². The van der Waals surface area contributed by atoms with Crippen LogP contribution in [0.15, 0.2) is 24.3 Å². The Balaban J connectivity index is 2.88. The van der Waals surface area contributed by atoms with Gasteiger partial charge >= 0.3 is 0 Å². The average Bonchev–Trinajstić information content (AvgIpc) is 2.14. The van der Waals surface area contributed by atoms with Gasteiger partial charge in [-0.25, -0.2) is 0 Å². The summed E-state index contributed by atoms with van der Waals surface area (Å²) in [7, 11) is 0. The van der Waals surface area contributed by atoms with E-state index in [0.29, 0.717) is 17.1 Å². The number of aromatic hydroxyl groups is 1. The van der Waals surface area contributed by atoms with Crippen molar-refractivity contribution in [3.63, 3.8) is 0 Å². The molecule has 0 aliphatic carbocycles. The minimum atomic E-state index is 0.308. The largest absolute Gasteiger partial charge is 0.508 e. The smallest absolute Gasteiger partial charge is 0.119 e. The lowest BCUT2D eigenvalue weighted by Gasteiger charge is -2.25. The summed E-state index contributed by atoms with van der Waals surface area (Å²) in [5, 5.41) is 9.81. The lowest BCUT2D eigenvalue weighted by molar-refractivity contribution is 0.330. The Hall–Kier alpha value is -0.980. The topological polar surface area (TPSA) is 20.2 Å². The first-order valence-electron chi connectivity index (χ1n) is 5.72. The van der Waals surface area contributed by atoms with E-state index in [4.69, 9.17) is 0 Å². The number of rotatable bonds is 3. The van der Waals surface area contributed by atoms with Crippen LogP contribution in [0.4, 0.5) is 0 Å². The molecule has 0 aliphatic heterocycles. The van der Waals surface area contributed by atoms with E-state index >= 15 is 0 Å². The molecule has 0 aromatic heterocycles. The summed E-state index contributed by atoms with van der Waals surface area (Å²) >= 11 is 0. The van der Waals surface area contributed by atoms with Gasteiger partial charge in [0.15, 0.2) is 0 Å². The van der Waals surface area contributed by atoms with E-state index in [1.807, 2.05) is 18.2 Å². The molecule has 0 saturated heterocycles. The molecule has 0 radical (unpaired) electrons. The second-order valence-corrected chi connectivity index (χ2v) is 5.43. The Labute approximate surface area is 93.1 Å². The van der Waals surface area contributed by atoms with Crippen molar-refractivity contribution in [3.05, 3.63) is 29.8 Å². The van der Waals surface area contributed by atoms with Gasteiger partial charge in [0.1, 0.15) is 5.75 Å².